The Hall–Kier alpha value is 0.300. The molecule has 0 aromatic rings. The summed E-state index contributed by atoms with van der Waals surface area (Å²) in [6.45, 7) is 0. The standard InChI is InChI=1S/C6H8Br2O2/c7-5(9)3-1-2-4-6(8)10/h1-4H2. The van der Waals surface area contributed by atoms with Crippen LogP contribution in [0.5, 0.6) is 0 Å². The highest BCUT2D eigenvalue weighted by Gasteiger charge is 1.97. The van der Waals surface area contributed by atoms with Crippen molar-refractivity contribution in [3.05, 3.63) is 0 Å². The Labute approximate surface area is 76.6 Å². The van der Waals surface area contributed by atoms with Gasteiger partial charge in [-0.3, -0.25) is 9.59 Å². The van der Waals surface area contributed by atoms with E-state index in [2.05, 4.69) is 31.9 Å². The molecule has 0 aliphatic carbocycles. The van der Waals surface area contributed by atoms with E-state index >= 15 is 0 Å². The van der Waals surface area contributed by atoms with Gasteiger partial charge in [-0.2, -0.15) is 0 Å². The van der Waals surface area contributed by atoms with Crippen LogP contribution in [-0.4, -0.2) is 9.39 Å². The number of carbonyl (C=O) groups is 2. The van der Waals surface area contributed by atoms with Gasteiger partial charge in [0, 0.05) is 12.8 Å². The number of hydrogen-bond donors (Lipinski definition) is 0. The Morgan fingerprint density at radius 3 is 1.40 bits per heavy atom. The molecule has 0 saturated heterocycles. The summed E-state index contributed by atoms with van der Waals surface area (Å²) < 4.78 is 0.0176. The zero-order chi connectivity index (χ0) is 7.98. The van der Waals surface area contributed by atoms with Crippen molar-refractivity contribution < 1.29 is 9.59 Å². The van der Waals surface area contributed by atoms with Crippen molar-refractivity contribution in [1.29, 1.82) is 0 Å². The van der Waals surface area contributed by atoms with Crippen LogP contribution in [0.25, 0.3) is 0 Å². The molecule has 0 spiro atoms. The lowest BCUT2D eigenvalue weighted by Crippen LogP contribution is -1.88. The third kappa shape index (κ3) is 8.30. The molecule has 0 aromatic heterocycles. The number of carbonyl (C=O) groups excluding carboxylic acids is 2. The molecule has 0 unspecified atom stereocenters. The van der Waals surface area contributed by atoms with Gasteiger partial charge in [0.25, 0.3) is 0 Å². The Morgan fingerprint density at radius 1 is 0.900 bits per heavy atom. The first kappa shape index (κ1) is 10.3. The van der Waals surface area contributed by atoms with Crippen molar-refractivity contribution in [1.82, 2.24) is 0 Å². The SMILES string of the molecule is O=C(Br)CCCCC(=O)Br. The van der Waals surface area contributed by atoms with Gasteiger partial charge in [-0.05, 0) is 44.7 Å². The molecule has 0 aliphatic rings. The van der Waals surface area contributed by atoms with Crippen LogP contribution in [0.3, 0.4) is 0 Å². The van der Waals surface area contributed by atoms with Crippen LogP contribution in [0, 0.1) is 0 Å². The highest BCUT2D eigenvalue weighted by atomic mass is 79.9. The second kappa shape index (κ2) is 6.04. The van der Waals surface area contributed by atoms with Crippen molar-refractivity contribution >= 4 is 41.2 Å². The molecule has 0 N–H and O–H groups in total. The van der Waals surface area contributed by atoms with Gasteiger partial charge >= 0.3 is 0 Å². The number of rotatable bonds is 5. The van der Waals surface area contributed by atoms with E-state index in [1.807, 2.05) is 0 Å². The average molecular weight is 272 g/mol. The third-order valence-corrected chi connectivity index (χ3v) is 1.79. The largest absolute Gasteiger partial charge is 0.287 e. The van der Waals surface area contributed by atoms with Crippen LogP contribution in [0.15, 0.2) is 0 Å². The molecular formula is C6H8Br2O2. The van der Waals surface area contributed by atoms with E-state index < -0.39 is 0 Å². The predicted octanol–water partition coefficient (Wildman–Crippen LogP) is 2.39. The zero-order valence-corrected chi connectivity index (χ0v) is 8.57. The Kier molecular flexibility index (Phi) is 6.22. The monoisotopic (exact) mass is 270 g/mol. The lowest BCUT2D eigenvalue weighted by molar-refractivity contribution is -0.112. The molecule has 10 heavy (non-hydrogen) atoms. The molecular weight excluding hydrogens is 264 g/mol. The molecule has 0 fully saturated rings. The van der Waals surface area contributed by atoms with E-state index in [0.29, 0.717) is 12.8 Å². The topological polar surface area (TPSA) is 34.1 Å². The Morgan fingerprint density at radius 2 is 1.20 bits per heavy atom. The van der Waals surface area contributed by atoms with Crippen LogP contribution < -0.4 is 0 Å². The number of unbranched alkanes of at least 4 members (excludes halogenated alkanes) is 1. The maximum atomic E-state index is 10.3. The zero-order valence-electron chi connectivity index (χ0n) is 5.40. The lowest BCUT2D eigenvalue weighted by Gasteiger charge is -1.91. The number of hydrogen-bond acceptors (Lipinski definition) is 2. The van der Waals surface area contributed by atoms with Gasteiger partial charge < -0.3 is 0 Å². The van der Waals surface area contributed by atoms with Crippen molar-refractivity contribution in [2.75, 3.05) is 0 Å². The van der Waals surface area contributed by atoms with Gasteiger partial charge in [0.15, 0.2) is 9.39 Å². The second-order valence-electron chi connectivity index (χ2n) is 1.92. The minimum atomic E-state index is 0.00882. The molecule has 0 aromatic carbocycles. The van der Waals surface area contributed by atoms with Crippen LogP contribution in [0.2, 0.25) is 0 Å². The quantitative estimate of drug-likeness (QED) is 0.568. The van der Waals surface area contributed by atoms with Gasteiger partial charge in [0.05, 0.1) is 0 Å². The van der Waals surface area contributed by atoms with E-state index in [4.69, 9.17) is 0 Å². The molecule has 0 atom stereocenters. The van der Waals surface area contributed by atoms with E-state index in [9.17, 15) is 9.59 Å². The normalized spacial score (nSPS) is 9.40. The second-order valence-corrected chi connectivity index (χ2v) is 3.69. The van der Waals surface area contributed by atoms with Crippen LogP contribution in [0.4, 0.5) is 0 Å². The smallest absolute Gasteiger partial charge is 0.197 e. The van der Waals surface area contributed by atoms with Gasteiger partial charge in [0.2, 0.25) is 0 Å². The first-order valence-corrected chi connectivity index (χ1v) is 4.58. The summed E-state index contributed by atoms with van der Waals surface area (Å²) in [5, 5.41) is 0. The minimum Gasteiger partial charge on any atom is -0.287 e. The van der Waals surface area contributed by atoms with Crippen LogP contribution in [-0.2, 0) is 9.59 Å². The predicted molar refractivity (Wildman–Crippen MR) is 46.3 cm³/mol. The lowest BCUT2D eigenvalue weighted by atomic mass is 10.2. The summed E-state index contributed by atoms with van der Waals surface area (Å²) in [6, 6.07) is 0. The third-order valence-electron chi connectivity index (χ3n) is 0.997. The molecule has 0 bridgehead atoms. The molecule has 2 nitrogen and oxygen atoms in total. The molecule has 0 heterocycles. The molecule has 4 heteroatoms. The summed E-state index contributed by atoms with van der Waals surface area (Å²) in [4.78, 5) is 20.6. The van der Waals surface area contributed by atoms with E-state index in [-0.39, 0.29) is 9.39 Å². The van der Waals surface area contributed by atoms with Crippen molar-refractivity contribution in [2.45, 2.75) is 25.7 Å². The molecule has 58 valence electrons. The first-order chi connectivity index (χ1) is 4.63. The van der Waals surface area contributed by atoms with Crippen molar-refractivity contribution in [3.8, 4) is 0 Å². The maximum absolute atomic E-state index is 10.3. The maximum Gasteiger partial charge on any atom is 0.197 e. The van der Waals surface area contributed by atoms with Crippen LogP contribution >= 0.6 is 31.9 Å². The average Bonchev–Trinajstić information content (AvgIpc) is 1.79. The summed E-state index contributed by atoms with van der Waals surface area (Å²) in [5.41, 5.74) is 0. The Balaban J connectivity index is 3.06. The van der Waals surface area contributed by atoms with Gasteiger partial charge in [-0.25, -0.2) is 0 Å². The molecule has 0 amide bonds. The molecule has 0 saturated carbocycles. The fourth-order valence-corrected chi connectivity index (χ4v) is 1.09. The van der Waals surface area contributed by atoms with E-state index in [1.54, 1.807) is 0 Å². The van der Waals surface area contributed by atoms with Crippen molar-refractivity contribution in [3.63, 3.8) is 0 Å². The summed E-state index contributed by atoms with van der Waals surface area (Å²) in [5.74, 6) is 0. The minimum absolute atomic E-state index is 0.00882. The van der Waals surface area contributed by atoms with E-state index in [0.717, 1.165) is 12.8 Å². The van der Waals surface area contributed by atoms with Gasteiger partial charge in [0.1, 0.15) is 0 Å². The first-order valence-electron chi connectivity index (χ1n) is 2.99. The van der Waals surface area contributed by atoms with E-state index in [1.165, 1.54) is 0 Å². The van der Waals surface area contributed by atoms with Crippen LogP contribution in [0.1, 0.15) is 25.7 Å². The Bertz CT molecular complexity index is 118. The summed E-state index contributed by atoms with van der Waals surface area (Å²) in [7, 11) is 0. The molecule has 0 rings (SSSR count). The fraction of sp³-hybridized carbons (Fsp3) is 0.667. The number of halogens is 2. The highest BCUT2D eigenvalue weighted by molar-refractivity contribution is 9.18. The van der Waals surface area contributed by atoms with Gasteiger partial charge in [-0.15, -0.1) is 0 Å². The summed E-state index contributed by atoms with van der Waals surface area (Å²) >= 11 is 5.61. The summed E-state index contributed by atoms with van der Waals surface area (Å²) in [6.07, 6.45) is 2.59. The fourth-order valence-electron chi connectivity index (χ4n) is 0.528. The van der Waals surface area contributed by atoms with Gasteiger partial charge in [-0.1, -0.05) is 0 Å². The van der Waals surface area contributed by atoms with Crippen molar-refractivity contribution in [2.24, 2.45) is 0 Å². The highest BCUT2D eigenvalue weighted by Crippen LogP contribution is 2.05. The molecule has 0 aliphatic heterocycles. The molecule has 0 radical (unpaired) electrons.